The number of ether oxygens (including phenoxy) is 1. The monoisotopic (exact) mass is 426 g/mol. The molecule has 0 radical (unpaired) electrons. The van der Waals surface area contributed by atoms with Crippen LogP contribution in [0.15, 0.2) is 78.9 Å². The van der Waals surface area contributed by atoms with E-state index in [1.165, 1.54) is 5.57 Å². The van der Waals surface area contributed by atoms with Gasteiger partial charge in [-0.05, 0) is 79.0 Å². The molecule has 1 N–H and O–H groups in total. The fourth-order valence-corrected chi connectivity index (χ4v) is 3.60. The van der Waals surface area contributed by atoms with Crippen LogP contribution in [0.1, 0.15) is 35.1 Å². The summed E-state index contributed by atoms with van der Waals surface area (Å²) in [5, 5.41) is 18.7. The summed E-state index contributed by atoms with van der Waals surface area (Å²) in [5.74, 6) is 0.839. The molecule has 0 amide bonds. The van der Waals surface area contributed by atoms with Crippen LogP contribution in [0.5, 0.6) is 5.75 Å². The second-order valence-corrected chi connectivity index (χ2v) is 7.91. The third kappa shape index (κ3) is 6.31. The fraction of sp³-hybridized carbons (Fsp3) is 0.250. The quantitative estimate of drug-likeness (QED) is 0.451. The van der Waals surface area contributed by atoms with E-state index in [1.54, 1.807) is 0 Å². The molecule has 0 aliphatic heterocycles. The van der Waals surface area contributed by atoms with Crippen LogP contribution >= 0.6 is 0 Å². The van der Waals surface area contributed by atoms with Gasteiger partial charge in [-0.2, -0.15) is 5.26 Å². The molecule has 0 aromatic heterocycles. The Morgan fingerprint density at radius 3 is 2.06 bits per heavy atom. The van der Waals surface area contributed by atoms with Crippen LogP contribution in [0.25, 0.3) is 11.1 Å². The van der Waals surface area contributed by atoms with Crippen molar-refractivity contribution in [1.82, 2.24) is 4.90 Å². The van der Waals surface area contributed by atoms with Crippen molar-refractivity contribution in [1.29, 1.82) is 5.26 Å². The van der Waals surface area contributed by atoms with E-state index in [9.17, 15) is 10.4 Å². The first-order valence-corrected chi connectivity index (χ1v) is 10.9. The summed E-state index contributed by atoms with van der Waals surface area (Å²) in [4.78, 5) is 2.09. The first kappa shape index (κ1) is 23.3. The Morgan fingerprint density at radius 1 is 0.875 bits per heavy atom. The zero-order valence-electron chi connectivity index (χ0n) is 18.8. The van der Waals surface area contributed by atoms with Gasteiger partial charge in [0.1, 0.15) is 12.4 Å². The lowest BCUT2D eigenvalue weighted by molar-refractivity contribution is 0.261. The van der Waals surface area contributed by atoms with Crippen molar-refractivity contribution in [3.8, 4) is 11.8 Å². The number of likely N-dealkylation sites (N-methyl/N-ethyl adjacent to an activating group) is 1. The van der Waals surface area contributed by atoms with Crippen molar-refractivity contribution in [2.75, 3.05) is 33.9 Å². The second kappa shape index (κ2) is 11.9. The van der Waals surface area contributed by atoms with Crippen molar-refractivity contribution < 1.29 is 9.84 Å². The van der Waals surface area contributed by atoms with Crippen molar-refractivity contribution >= 4 is 11.1 Å². The SMILES string of the molecule is CN(C)CCOc1ccc(/C(=C(/CCCO)c2ccccc2)c2ccc(C#N)cc2)cc1. The van der Waals surface area contributed by atoms with E-state index in [1.807, 2.05) is 68.7 Å². The molecule has 0 aliphatic carbocycles. The minimum Gasteiger partial charge on any atom is -0.492 e. The summed E-state index contributed by atoms with van der Waals surface area (Å²) in [6, 6.07) is 28.4. The predicted octanol–water partition coefficient (Wildman–Crippen LogP) is 5.23. The number of benzene rings is 3. The average molecular weight is 427 g/mol. The zero-order valence-corrected chi connectivity index (χ0v) is 18.8. The molecule has 0 heterocycles. The normalized spacial score (nSPS) is 11.7. The molecule has 32 heavy (non-hydrogen) atoms. The van der Waals surface area contributed by atoms with E-state index < -0.39 is 0 Å². The second-order valence-electron chi connectivity index (χ2n) is 7.91. The third-order valence-corrected chi connectivity index (χ3v) is 5.26. The van der Waals surface area contributed by atoms with E-state index >= 15 is 0 Å². The van der Waals surface area contributed by atoms with Crippen molar-refractivity contribution in [2.45, 2.75) is 12.8 Å². The lowest BCUT2D eigenvalue weighted by Gasteiger charge is -2.18. The van der Waals surface area contributed by atoms with Gasteiger partial charge in [-0.15, -0.1) is 0 Å². The Hall–Kier alpha value is -3.39. The highest BCUT2D eigenvalue weighted by Crippen LogP contribution is 2.35. The number of allylic oxidation sites excluding steroid dienone is 1. The maximum absolute atomic E-state index is 9.53. The molecule has 3 aromatic rings. The number of nitrogens with zero attached hydrogens (tertiary/aromatic N) is 2. The molecule has 0 saturated heterocycles. The fourth-order valence-electron chi connectivity index (χ4n) is 3.60. The van der Waals surface area contributed by atoms with Crippen LogP contribution in [-0.2, 0) is 0 Å². The Labute approximate surface area is 191 Å². The van der Waals surface area contributed by atoms with Gasteiger partial charge in [0.2, 0.25) is 0 Å². The number of rotatable bonds is 10. The van der Waals surface area contributed by atoms with Crippen LogP contribution in [-0.4, -0.2) is 43.9 Å². The minimum atomic E-state index is 0.135. The number of nitriles is 1. The van der Waals surface area contributed by atoms with Gasteiger partial charge in [-0.3, -0.25) is 0 Å². The molecule has 0 unspecified atom stereocenters. The highest BCUT2D eigenvalue weighted by molar-refractivity contribution is 5.98. The van der Waals surface area contributed by atoms with Gasteiger partial charge in [0.25, 0.3) is 0 Å². The van der Waals surface area contributed by atoms with Crippen molar-refractivity contribution in [3.63, 3.8) is 0 Å². The summed E-state index contributed by atoms with van der Waals surface area (Å²) in [6.07, 6.45) is 1.42. The van der Waals surface area contributed by atoms with E-state index in [2.05, 4.69) is 35.2 Å². The van der Waals surface area contributed by atoms with Gasteiger partial charge in [0, 0.05) is 13.2 Å². The Balaban J connectivity index is 2.07. The lowest BCUT2D eigenvalue weighted by atomic mass is 9.87. The smallest absolute Gasteiger partial charge is 0.119 e. The summed E-state index contributed by atoms with van der Waals surface area (Å²) in [5.41, 5.74) is 6.16. The zero-order chi connectivity index (χ0) is 22.8. The number of aliphatic hydroxyl groups is 1. The summed E-state index contributed by atoms with van der Waals surface area (Å²) in [7, 11) is 4.05. The summed E-state index contributed by atoms with van der Waals surface area (Å²) in [6.45, 7) is 1.63. The average Bonchev–Trinajstić information content (AvgIpc) is 2.83. The molecule has 3 rings (SSSR count). The molecule has 0 aliphatic rings. The van der Waals surface area contributed by atoms with Crippen LogP contribution in [0.4, 0.5) is 0 Å². The molecule has 0 spiro atoms. The van der Waals surface area contributed by atoms with Gasteiger partial charge in [0.05, 0.1) is 11.6 Å². The van der Waals surface area contributed by atoms with Crippen molar-refractivity contribution in [2.24, 2.45) is 0 Å². The lowest BCUT2D eigenvalue weighted by Crippen LogP contribution is -2.19. The van der Waals surface area contributed by atoms with E-state index in [4.69, 9.17) is 4.74 Å². The maximum Gasteiger partial charge on any atom is 0.119 e. The van der Waals surface area contributed by atoms with Crippen LogP contribution < -0.4 is 4.74 Å². The van der Waals surface area contributed by atoms with Gasteiger partial charge in [0.15, 0.2) is 0 Å². The van der Waals surface area contributed by atoms with E-state index in [0.717, 1.165) is 41.0 Å². The predicted molar refractivity (Wildman–Crippen MR) is 130 cm³/mol. The molecule has 0 fully saturated rings. The van der Waals surface area contributed by atoms with Crippen LogP contribution in [0.2, 0.25) is 0 Å². The van der Waals surface area contributed by atoms with Gasteiger partial charge in [-0.25, -0.2) is 0 Å². The van der Waals surface area contributed by atoms with Crippen molar-refractivity contribution in [3.05, 3.63) is 101 Å². The van der Waals surface area contributed by atoms with Crippen LogP contribution in [0.3, 0.4) is 0 Å². The number of aliphatic hydroxyl groups excluding tert-OH is 1. The molecular formula is C28H30N2O2. The van der Waals surface area contributed by atoms with Crippen LogP contribution in [0, 0.1) is 11.3 Å². The topological polar surface area (TPSA) is 56.5 Å². The van der Waals surface area contributed by atoms with E-state index in [-0.39, 0.29) is 6.61 Å². The minimum absolute atomic E-state index is 0.135. The standard InChI is InChI=1S/C28H30N2O2/c1-30(2)18-20-32-26-16-14-25(15-17-26)28(24-12-10-22(21-29)11-13-24)27(9-6-19-31)23-7-4-3-5-8-23/h3-5,7-8,10-17,31H,6,9,18-20H2,1-2H3/b28-27-. The molecule has 0 atom stereocenters. The molecule has 0 bridgehead atoms. The van der Waals surface area contributed by atoms with Gasteiger partial charge >= 0.3 is 0 Å². The van der Waals surface area contributed by atoms with Gasteiger partial charge in [-0.1, -0.05) is 54.6 Å². The summed E-state index contributed by atoms with van der Waals surface area (Å²) >= 11 is 0. The Morgan fingerprint density at radius 2 is 1.50 bits per heavy atom. The Kier molecular flexibility index (Phi) is 8.62. The largest absolute Gasteiger partial charge is 0.492 e. The third-order valence-electron chi connectivity index (χ3n) is 5.26. The van der Waals surface area contributed by atoms with Gasteiger partial charge < -0.3 is 14.7 Å². The maximum atomic E-state index is 9.53. The molecule has 0 saturated carbocycles. The van der Waals surface area contributed by atoms with E-state index in [0.29, 0.717) is 18.6 Å². The summed E-state index contributed by atoms with van der Waals surface area (Å²) < 4.78 is 5.87. The number of hydrogen-bond acceptors (Lipinski definition) is 4. The molecule has 164 valence electrons. The molecule has 3 aromatic carbocycles. The first-order chi connectivity index (χ1) is 15.6. The first-order valence-electron chi connectivity index (χ1n) is 10.9. The highest BCUT2D eigenvalue weighted by atomic mass is 16.5. The highest BCUT2D eigenvalue weighted by Gasteiger charge is 2.14. The molecule has 4 nitrogen and oxygen atoms in total. The molecule has 4 heteroatoms. The Bertz CT molecular complexity index is 1050. The molecular weight excluding hydrogens is 396 g/mol. The number of hydrogen-bond donors (Lipinski definition) is 1.